The number of nitrogens with zero attached hydrogens (tertiary/aromatic N) is 1. The summed E-state index contributed by atoms with van der Waals surface area (Å²) in [7, 11) is 0. The molecule has 0 aromatic carbocycles. The molecule has 1 aliphatic heterocycles. The van der Waals surface area contributed by atoms with Gasteiger partial charge in [0, 0.05) is 6.04 Å². The van der Waals surface area contributed by atoms with Crippen molar-refractivity contribution in [3.63, 3.8) is 0 Å². The summed E-state index contributed by atoms with van der Waals surface area (Å²) in [6.45, 7) is 2.10. The maximum absolute atomic E-state index is 12.8. The zero-order valence-electron chi connectivity index (χ0n) is 11.9. The molecular formula is C16H22N2OS. The number of nitrogens with one attached hydrogen (secondary N) is 1. The van der Waals surface area contributed by atoms with Gasteiger partial charge in [-0.3, -0.25) is 10.1 Å². The van der Waals surface area contributed by atoms with Crippen LogP contribution in [0.5, 0.6) is 0 Å². The Balaban J connectivity index is 1.67. The minimum absolute atomic E-state index is 0.0138. The second-order valence-corrected chi connectivity index (χ2v) is 7.28. The first kappa shape index (κ1) is 12.8. The van der Waals surface area contributed by atoms with E-state index in [0.717, 1.165) is 18.3 Å². The Morgan fingerprint density at radius 1 is 1.35 bits per heavy atom. The molecule has 2 atom stereocenters. The minimum atomic E-state index is 0.0138. The average molecular weight is 290 g/mol. The van der Waals surface area contributed by atoms with Crippen LogP contribution in [-0.4, -0.2) is 22.9 Å². The molecule has 2 heterocycles. The molecule has 1 aromatic rings. The van der Waals surface area contributed by atoms with Gasteiger partial charge in [-0.2, -0.15) is 11.3 Å². The molecule has 3 fully saturated rings. The topological polar surface area (TPSA) is 32.3 Å². The molecule has 2 aliphatic carbocycles. The Morgan fingerprint density at radius 3 is 2.55 bits per heavy atom. The molecule has 1 amide bonds. The van der Waals surface area contributed by atoms with Gasteiger partial charge in [-0.1, -0.05) is 6.92 Å². The van der Waals surface area contributed by atoms with Crippen LogP contribution in [-0.2, 0) is 4.79 Å². The fourth-order valence-electron chi connectivity index (χ4n) is 3.66. The zero-order chi connectivity index (χ0) is 13.7. The number of carbonyl (C=O) groups excluding carboxylic acids is 1. The lowest BCUT2D eigenvalue weighted by Crippen LogP contribution is -2.42. The van der Waals surface area contributed by atoms with E-state index in [1.54, 1.807) is 11.3 Å². The van der Waals surface area contributed by atoms with Crippen molar-refractivity contribution in [2.24, 2.45) is 11.8 Å². The van der Waals surface area contributed by atoms with Crippen LogP contribution in [0.2, 0.25) is 0 Å². The maximum Gasteiger partial charge on any atom is 0.241 e. The molecule has 108 valence electrons. The van der Waals surface area contributed by atoms with Crippen molar-refractivity contribution >= 4 is 17.2 Å². The highest BCUT2D eigenvalue weighted by Crippen LogP contribution is 2.50. The van der Waals surface area contributed by atoms with Crippen LogP contribution < -0.4 is 5.32 Å². The molecule has 3 nitrogen and oxygen atoms in total. The molecular weight excluding hydrogens is 268 g/mol. The summed E-state index contributed by atoms with van der Waals surface area (Å²) in [4.78, 5) is 15.0. The SMILES string of the molecule is CCC1NC(c2ccsc2)N(C(C2CC2)C2CC2)C1=O. The largest absolute Gasteiger partial charge is 0.318 e. The standard InChI is InChI=1S/C16H22N2OS/c1-2-13-16(19)18(14(10-3-4-10)11-5-6-11)15(17-13)12-7-8-20-9-12/h7-11,13-15,17H,2-6H2,1H3. The fraction of sp³-hybridized carbons (Fsp3) is 0.688. The van der Waals surface area contributed by atoms with Crippen LogP contribution >= 0.6 is 11.3 Å². The molecule has 1 N–H and O–H groups in total. The van der Waals surface area contributed by atoms with Gasteiger partial charge in [0.05, 0.1) is 6.04 Å². The number of hydrogen-bond donors (Lipinski definition) is 1. The van der Waals surface area contributed by atoms with Gasteiger partial charge in [0.25, 0.3) is 0 Å². The quantitative estimate of drug-likeness (QED) is 0.903. The van der Waals surface area contributed by atoms with E-state index >= 15 is 0 Å². The second-order valence-electron chi connectivity index (χ2n) is 6.50. The number of carbonyl (C=O) groups is 1. The lowest BCUT2D eigenvalue weighted by molar-refractivity contribution is -0.133. The predicted octanol–water partition coefficient (Wildman–Crippen LogP) is 3.15. The van der Waals surface area contributed by atoms with Crippen molar-refractivity contribution in [3.05, 3.63) is 22.4 Å². The zero-order valence-corrected chi connectivity index (χ0v) is 12.7. The van der Waals surface area contributed by atoms with Gasteiger partial charge in [-0.05, 0) is 66.3 Å². The van der Waals surface area contributed by atoms with Crippen molar-refractivity contribution in [2.45, 2.75) is 57.3 Å². The first-order valence-electron chi connectivity index (χ1n) is 7.90. The first-order chi connectivity index (χ1) is 9.79. The third kappa shape index (κ3) is 2.09. The van der Waals surface area contributed by atoms with E-state index in [1.807, 2.05) is 0 Å². The van der Waals surface area contributed by atoms with Crippen LogP contribution in [0.25, 0.3) is 0 Å². The lowest BCUT2D eigenvalue weighted by atomic mass is 10.0. The highest BCUT2D eigenvalue weighted by molar-refractivity contribution is 7.07. The molecule has 4 heteroatoms. The summed E-state index contributed by atoms with van der Waals surface area (Å²) < 4.78 is 0. The van der Waals surface area contributed by atoms with Crippen LogP contribution in [0.15, 0.2) is 16.8 Å². The van der Waals surface area contributed by atoms with Gasteiger partial charge in [-0.15, -0.1) is 0 Å². The summed E-state index contributed by atoms with van der Waals surface area (Å²) in [6.07, 6.45) is 6.27. The van der Waals surface area contributed by atoms with Crippen molar-refractivity contribution in [2.75, 3.05) is 0 Å². The Labute approximate surface area is 124 Å². The Hall–Kier alpha value is -0.870. The Morgan fingerprint density at radius 2 is 2.05 bits per heavy atom. The molecule has 0 spiro atoms. The molecule has 3 aliphatic rings. The molecule has 4 rings (SSSR count). The van der Waals surface area contributed by atoms with Gasteiger partial charge in [0.2, 0.25) is 5.91 Å². The summed E-state index contributed by atoms with van der Waals surface area (Å²) in [5.74, 6) is 1.88. The third-order valence-electron chi connectivity index (χ3n) is 4.99. The van der Waals surface area contributed by atoms with Crippen LogP contribution in [0.1, 0.15) is 50.8 Å². The monoisotopic (exact) mass is 290 g/mol. The molecule has 0 radical (unpaired) electrons. The van der Waals surface area contributed by atoms with E-state index in [0.29, 0.717) is 11.9 Å². The van der Waals surface area contributed by atoms with Gasteiger partial charge in [-0.25, -0.2) is 0 Å². The van der Waals surface area contributed by atoms with Crippen molar-refractivity contribution in [1.82, 2.24) is 10.2 Å². The summed E-state index contributed by atoms with van der Waals surface area (Å²) in [5, 5.41) is 7.87. The van der Waals surface area contributed by atoms with E-state index in [1.165, 1.54) is 31.2 Å². The lowest BCUT2D eigenvalue weighted by Gasteiger charge is -2.33. The first-order valence-corrected chi connectivity index (χ1v) is 8.84. The second kappa shape index (κ2) is 4.85. The smallest absolute Gasteiger partial charge is 0.241 e. The van der Waals surface area contributed by atoms with Gasteiger partial charge in [0.15, 0.2) is 0 Å². The normalized spacial score (nSPS) is 30.5. The Bertz CT molecular complexity index is 481. The van der Waals surface area contributed by atoms with E-state index in [9.17, 15) is 4.79 Å². The molecule has 0 bridgehead atoms. The van der Waals surface area contributed by atoms with E-state index in [2.05, 4.69) is 34.0 Å². The van der Waals surface area contributed by atoms with E-state index in [4.69, 9.17) is 0 Å². The number of thiophene rings is 1. The van der Waals surface area contributed by atoms with Crippen LogP contribution in [0.3, 0.4) is 0 Å². The summed E-state index contributed by atoms with van der Waals surface area (Å²) in [6, 6.07) is 2.67. The highest BCUT2D eigenvalue weighted by Gasteiger charge is 2.52. The summed E-state index contributed by atoms with van der Waals surface area (Å²) in [5.41, 5.74) is 1.27. The number of rotatable bonds is 5. The molecule has 20 heavy (non-hydrogen) atoms. The maximum atomic E-state index is 12.8. The van der Waals surface area contributed by atoms with Crippen molar-refractivity contribution in [3.8, 4) is 0 Å². The molecule has 2 saturated carbocycles. The van der Waals surface area contributed by atoms with E-state index < -0.39 is 0 Å². The number of hydrogen-bond acceptors (Lipinski definition) is 3. The number of amides is 1. The van der Waals surface area contributed by atoms with Gasteiger partial charge in [0.1, 0.15) is 6.17 Å². The van der Waals surface area contributed by atoms with Crippen LogP contribution in [0, 0.1) is 11.8 Å². The molecule has 1 saturated heterocycles. The summed E-state index contributed by atoms with van der Waals surface area (Å²) >= 11 is 1.72. The fourth-order valence-corrected chi connectivity index (χ4v) is 4.34. The van der Waals surface area contributed by atoms with Gasteiger partial charge >= 0.3 is 0 Å². The molecule has 2 unspecified atom stereocenters. The van der Waals surface area contributed by atoms with E-state index in [-0.39, 0.29) is 12.2 Å². The predicted molar refractivity (Wildman–Crippen MR) is 80.4 cm³/mol. The van der Waals surface area contributed by atoms with Crippen LogP contribution in [0.4, 0.5) is 0 Å². The minimum Gasteiger partial charge on any atom is -0.318 e. The Kier molecular flexibility index (Phi) is 3.11. The molecule has 1 aromatic heterocycles. The average Bonchev–Trinajstić information content (AvgIpc) is 3.37. The highest BCUT2D eigenvalue weighted by atomic mass is 32.1. The van der Waals surface area contributed by atoms with Crippen molar-refractivity contribution in [1.29, 1.82) is 0 Å². The van der Waals surface area contributed by atoms with Gasteiger partial charge < -0.3 is 4.90 Å². The third-order valence-corrected chi connectivity index (χ3v) is 5.69. The van der Waals surface area contributed by atoms with Crippen molar-refractivity contribution < 1.29 is 4.79 Å².